The average Bonchev–Trinajstić information content (AvgIpc) is 2.94. The number of esters is 1. The van der Waals surface area contributed by atoms with Gasteiger partial charge in [-0.15, -0.1) is 0 Å². The van der Waals surface area contributed by atoms with E-state index in [1.165, 1.54) is 24.0 Å². The van der Waals surface area contributed by atoms with Crippen LogP contribution in [-0.2, 0) is 16.1 Å². The first kappa shape index (κ1) is 18.5. The molecule has 0 bridgehead atoms. The lowest BCUT2D eigenvalue weighted by atomic mass is 9.55. The molecule has 2 aliphatic carbocycles. The predicted octanol–water partition coefficient (Wildman–Crippen LogP) is 3.07. The van der Waals surface area contributed by atoms with Gasteiger partial charge in [-0.2, -0.15) is 0 Å². The van der Waals surface area contributed by atoms with Crippen LogP contribution in [0.4, 0.5) is 0 Å². The predicted molar refractivity (Wildman–Crippen MR) is 104 cm³/mol. The van der Waals surface area contributed by atoms with Crippen LogP contribution in [-0.4, -0.2) is 25.7 Å². The third kappa shape index (κ3) is 3.40. The van der Waals surface area contributed by atoms with Gasteiger partial charge >= 0.3 is 5.97 Å². The van der Waals surface area contributed by atoms with Crippen molar-refractivity contribution in [1.82, 2.24) is 0 Å². The van der Waals surface area contributed by atoms with Gasteiger partial charge in [0, 0.05) is 11.5 Å². The Bertz CT molecular complexity index is 730. The Morgan fingerprint density at radius 1 is 1.37 bits per heavy atom. The SMILES string of the molecule is C=C1CCC[C@]2(C)C[C@H]3OC(=O)[C@H](C[NH2+]Cc4ccccc4OC)[C@H]3C[C@@H]12. The highest BCUT2D eigenvalue weighted by molar-refractivity contribution is 5.75. The molecule has 1 aromatic carbocycles. The highest BCUT2D eigenvalue weighted by atomic mass is 16.6. The maximum Gasteiger partial charge on any atom is 0.315 e. The standard InChI is InChI=1S/C23H31NO3/c1-15-7-6-10-23(2)12-21-17(11-19(15)23)18(22(25)27-21)14-24-13-16-8-4-5-9-20(16)26-3/h4-5,8-9,17-19,21,24H,1,6-7,10-14H2,2-3H3/p+1/t17-,18-,19+,21-,23-/m1/s1. The van der Waals surface area contributed by atoms with Crippen molar-refractivity contribution >= 4 is 5.97 Å². The fourth-order valence-electron chi connectivity index (χ4n) is 5.82. The van der Waals surface area contributed by atoms with Gasteiger partial charge in [0.05, 0.1) is 13.7 Å². The van der Waals surface area contributed by atoms with Crippen LogP contribution in [0.25, 0.3) is 0 Å². The first-order valence-electron chi connectivity index (χ1n) is 10.3. The van der Waals surface area contributed by atoms with Crippen LogP contribution in [0.3, 0.4) is 0 Å². The van der Waals surface area contributed by atoms with Crippen molar-refractivity contribution in [1.29, 1.82) is 0 Å². The molecule has 3 fully saturated rings. The van der Waals surface area contributed by atoms with E-state index in [2.05, 4.69) is 24.9 Å². The molecule has 4 rings (SSSR count). The summed E-state index contributed by atoms with van der Waals surface area (Å²) in [7, 11) is 1.70. The smallest absolute Gasteiger partial charge is 0.315 e. The highest BCUT2D eigenvalue weighted by Gasteiger charge is 2.55. The van der Waals surface area contributed by atoms with Crippen LogP contribution in [0, 0.1) is 23.2 Å². The second-order valence-corrected chi connectivity index (χ2v) is 8.94. The number of ether oxygens (including phenoxy) is 2. The number of benzene rings is 1. The Balaban J connectivity index is 1.42. The van der Waals surface area contributed by atoms with Gasteiger partial charge in [-0.3, -0.25) is 4.79 Å². The molecule has 0 spiro atoms. The van der Waals surface area contributed by atoms with Crippen molar-refractivity contribution < 1.29 is 19.6 Å². The van der Waals surface area contributed by atoms with E-state index in [-0.39, 0.29) is 23.4 Å². The summed E-state index contributed by atoms with van der Waals surface area (Å²) in [6.07, 6.45) is 5.80. The molecule has 1 saturated heterocycles. The van der Waals surface area contributed by atoms with Gasteiger partial charge in [0.15, 0.2) is 0 Å². The normalized spacial score (nSPS) is 35.3. The minimum Gasteiger partial charge on any atom is -0.496 e. The molecule has 5 atom stereocenters. The minimum atomic E-state index is 0.00369. The molecule has 4 heteroatoms. The van der Waals surface area contributed by atoms with Gasteiger partial charge in [-0.25, -0.2) is 0 Å². The fraction of sp³-hybridized carbons (Fsp3) is 0.609. The molecular weight excluding hydrogens is 338 g/mol. The molecule has 1 heterocycles. The zero-order chi connectivity index (χ0) is 19.0. The summed E-state index contributed by atoms with van der Waals surface area (Å²) in [5, 5.41) is 2.23. The Labute approximate surface area is 162 Å². The van der Waals surface area contributed by atoms with E-state index in [0.717, 1.165) is 38.1 Å². The van der Waals surface area contributed by atoms with Crippen LogP contribution in [0.1, 0.15) is 44.6 Å². The summed E-state index contributed by atoms with van der Waals surface area (Å²) < 4.78 is 11.3. The zero-order valence-electron chi connectivity index (χ0n) is 16.6. The molecule has 27 heavy (non-hydrogen) atoms. The summed E-state index contributed by atoms with van der Waals surface area (Å²) in [4.78, 5) is 12.6. The number of methoxy groups -OCH3 is 1. The van der Waals surface area contributed by atoms with Gasteiger partial charge in [0.25, 0.3) is 0 Å². The topological polar surface area (TPSA) is 52.1 Å². The number of para-hydroxylation sites is 1. The van der Waals surface area contributed by atoms with Crippen molar-refractivity contribution in [3.05, 3.63) is 42.0 Å². The maximum atomic E-state index is 12.6. The number of quaternary nitrogens is 1. The van der Waals surface area contributed by atoms with Crippen molar-refractivity contribution in [2.45, 2.75) is 51.7 Å². The van der Waals surface area contributed by atoms with E-state index in [1.54, 1.807) is 7.11 Å². The van der Waals surface area contributed by atoms with Gasteiger partial charge in [0.1, 0.15) is 24.3 Å². The second kappa shape index (κ2) is 7.31. The Morgan fingerprint density at radius 2 is 2.19 bits per heavy atom. The minimum absolute atomic E-state index is 0.00369. The fourth-order valence-corrected chi connectivity index (χ4v) is 5.82. The highest BCUT2D eigenvalue weighted by Crippen LogP contribution is 2.56. The Hall–Kier alpha value is -1.81. The number of fused-ring (bicyclic) bond motifs is 2. The number of nitrogens with two attached hydrogens (primary N) is 1. The molecule has 0 unspecified atom stereocenters. The first-order chi connectivity index (χ1) is 13.0. The molecule has 0 aromatic heterocycles. The van der Waals surface area contributed by atoms with Crippen LogP contribution in [0.5, 0.6) is 5.75 Å². The number of hydrogen-bond donors (Lipinski definition) is 1. The molecule has 0 amide bonds. The molecule has 1 aliphatic heterocycles. The molecule has 1 aromatic rings. The zero-order valence-corrected chi connectivity index (χ0v) is 16.6. The number of rotatable bonds is 5. The number of carbonyl (C=O) groups is 1. The van der Waals surface area contributed by atoms with Gasteiger partial charge < -0.3 is 14.8 Å². The van der Waals surface area contributed by atoms with Crippen LogP contribution >= 0.6 is 0 Å². The summed E-state index contributed by atoms with van der Waals surface area (Å²) in [5.74, 6) is 1.82. The summed E-state index contributed by atoms with van der Waals surface area (Å²) in [6, 6.07) is 8.09. The van der Waals surface area contributed by atoms with Gasteiger partial charge in [-0.05, 0) is 55.6 Å². The molecule has 0 radical (unpaired) electrons. The Morgan fingerprint density at radius 3 is 3.00 bits per heavy atom. The average molecular weight is 371 g/mol. The number of hydrogen-bond acceptors (Lipinski definition) is 3. The van der Waals surface area contributed by atoms with Gasteiger partial charge in [-0.1, -0.05) is 31.2 Å². The number of carbonyl (C=O) groups excluding carboxylic acids is 1. The monoisotopic (exact) mass is 370 g/mol. The molecule has 3 aliphatic rings. The lowest BCUT2D eigenvalue weighted by Gasteiger charge is -2.49. The van der Waals surface area contributed by atoms with Gasteiger partial charge in [0.2, 0.25) is 0 Å². The summed E-state index contributed by atoms with van der Waals surface area (Å²) in [5.41, 5.74) is 2.84. The lowest BCUT2D eigenvalue weighted by Crippen LogP contribution is -2.84. The van der Waals surface area contributed by atoms with Crippen molar-refractivity contribution in [3.63, 3.8) is 0 Å². The van der Waals surface area contributed by atoms with E-state index in [9.17, 15) is 4.79 Å². The van der Waals surface area contributed by atoms with E-state index < -0.39 is 0 Å². The lowest BCUT2D eigenvalue weighted by molar-refractivity contribution is -0.675. The van der Waals surface area contributed by atoms with E-state index in [4.69, 9.17) is 9.47 Å². The third-order valence-electron chi connectivity index (χ3n) is 7.30. The van der Waals surface area contributed by atoms with E-state index >= 15 is 0 Å². The molecule has 4 nitrogen and oxygen atoms in total. The van der Waals surface area contributed by atoms with Crippen LogP contribution < -0.4 is 10.1 Å². The molecule has 146 valence electrons. The van der Waals surface area contributed by atoms with Crippen LogP contribution in [0.2, 0.25) is 0 Å². The molecular formula is C23H32NO3+. The largest absolute Gasteiger partial charge is 0.496 e. The van der Waals surface area contributed by atoms with Crippen molar-refractivity contribution in [3.8, 4) is 5.75 Å². The van der Waals surface area contributed by atoms with E-state index in [0.29, 0.717) is 11.8 Å². The first-order valence-corrected chi connectivity index (χ1v) is 10.3. The number of allylic oxidation sites excluding steroid dienone is 1. The maximum absolute atomic E-state index is 12.6. The Kier molecular flexibility index (Phi) is 5.02. The molecule has 2 N–H and O–H groups in total. The van der Waals surface area contributed by atoms with Crippen LogP contribution in [0.15, 0.2) is 36.4 Å². The summed E-state index contributed by atoms with van der Waals surface area (Å²) in [6.45, 7) is 8.36. The second-order valence-electron chi connectivity index (χ2n) is 8.94. The van der Waals surface area contributed by atoms with E-state index in [1.807, 2.05) is 18.2 Å². The van der Waals surface area contributed by atoms with Crippen molar-refractivity contribution in [2.24, 2.45) is 23.2 Å². The van der Waals surface area contributed by atoms with Crippen molar-refractivity contribution in [2.75, 3.05) is 13.7 Å². The third-order valence-corrected chi connectivity index (χ3v) is 7.30. The summed E-state index contributed by atoms with van der Waals surface area (Å²) >= 11 is 0. The molecule has 2 saturated carbocycles. The quantitative estimate of drug-likeness (QED) is 0.640.